The number of ether oxygens (including phenoxy) is 1. The van der Waals surface area contributed by atoms with E-state index in [-0.39, 0.29) is 12.5 Å². The van der Waals surface area contributed by atoms with Crippen LogP contribution in [-0.2, 0) is 9.53 Å². The van der Waals surface area contributed by atoms with E-state index in [0.29, 0.717) is 26.2 Å². The molecule has 0 aromatic carbocycles. The van der Waals surface area contributed by atoms with Crippen LogP contribution in [0.5, 0.6) is 0 Å². The van der Waals surface area contributed by atoms with Crippen molar-refractivity contribution >= 4 is 12.0 Å². The van der Waals surface area contributed by atoms with Crippen molar-refractivity contribution < 1.29 is 19.4 Å². The van der Waals surface area contributed by atoms with Gasteiger partial charge in [0.2, 0.25) is 0 Å². The SMILES string of the molecule is CC(C)=CCNC(=O)N1CCOC(CC(=O)O)C1. The quantitative estimate of drug-likeness (QED) is 0.730. The van der Waals surface area contributed by atoms with Crippen LogP contribution < -0.4 is 5.32 Å². The Bertz CT molecular complexity index is 337. The van der Waals surface area contributed by atoms with Crippen molar-refractivity contribution in [2.24, 2.45) is 0 Å². The number of allylic oxidation sites excluding steroid dienone is 1. The van der Waals surface area contributed by atoms with Crippen molar-refractivity contribution in [1.29, 1.82) is 0 Å². The smallest absolute Gasteiger partial charge is 0.317 e. The molecule has 0 bridgehead atoms. The van der Waals surface area contributed by atoms with Crippen molar-refractivity contribution in [2.75, 3.05) is 26.2 Å². The number of carboxylic acids is 1. The molecule has 1 aliphatic heterocycles. The monoisotopic (exact) mass is 256 g/mol. The molecular weight excluding hydrogens is 236 g/mol. The molecule has 102 valence electrons. The number of hydrogen-bond acceptors (Lipinski definition) is 3. The van der Waals surface area contributed by atoms with Gasteiger partial charge < -0.3 is 20.1 Å². The van der Waals surface area contributed by atoms with Gasteiger partial charge in [0.15, 0.2) is 0 Å². The maximum Gasteiger partial charge on any atom is 0.317 e. The fourth-order valence-electron chi connectivity index (χ4n) is 1.68. The number of rotatable bonds is 4. The highest BCUT2D eigenvalue weighted by atomic mass is 16.5. The summed E-state index contributed by atoms with van der Waals surface area (Å²) in [6.07, 6.45) is 1.44. The Morgan fingerprint density at radius 1 is 1.50 bits per heavy atom. The molecule has 6 heteroatoms. The van der Waals surface area contributed by atoms with Crippen LogP contribution in [0.25, 0.3) is 0 Å². The molecule has 0 aromatic rings. The largest absolute Gasteiger partial charge is 0.481 e. The molecule has 1 fully saturated rings. The van der Waals surface area contributed by atoms with Gasteiger partial charge in [0.05, 0.1) is 19.1 Å². The minimum atomic E-state index is -0.910. The van der Waals surface area contributed by atoms with E-state index < -0.39 is 12.1 Å². The van der Waals surface area contributed by atoms with Crippen molar-refractivity contribution in [1.82, 2.24) is 10.2 Å². The van der Waals surface area contributed by atoms with Gasteiger partial charge in [-0.05, 0) is 13.8 Å². The zero-order valence-electron chi connectivity index (χ0n) is 10.8. The third kappa shape index (κ3) is 5.18. The minimum Gasteiger partial charge on any atom is -0.481 e. The fraction of sp³-hybridized carbons (Fsp3) is 0.667. The number of carbonyl (C=O) groups excluding carboxylic acids is 1. The molecular formula is C12H20N2O4. The zero-order valence-corrected chi connectivity index (χ0v) is 10.8. The van der Waals surface area contributed by atoms with Crippen molar-refractivity contribution in [2.45, 2.75) is 26.4 Å². The van der Waals surface area contributed by atoms with E-state index in [1.807, 2.05) is 19.9 Å². The standard InChI is InChI=1S/C12H20N2O4/c1-9(2)3-4-13-12(17)14-5-6-18-10(8-14)7-11(15)16/h3,10H,4-8H2,1-2H3,(H,13,17)(H,15,16). The van der Waals surface area contributed by atoms with Crippen LogP contribution in [0.2, 0.25) is 0 Å². The second kappa shape index (κ2) is 7.00. The zero-order chi connectivity index (χ0) is 13.5. The number of nitrogens with one attached hydrogen (secondary N) is 1. The molecule has 6 nitrogen and oxygen atoms in total. The molecule has 1 saturated heterocycles. The normalized spacial score (nSPS) is 19.2. The Kier molecular flexibility index (Phi) is 5.64. The molecule has 1 aliphatic rings. The van der Waals surface area contributed by atoms with Crippen LogP contribution in [0.1, 0.15) is 20.3 Å². The number of morpholine rings is 1. The number of urea groups is 1. The lowest BCUT2D eigenvalue weighted by molar-refractivity contribution is -0.141. The average molecular weight is 256 g/mol. The molecule has 1 unspecified atom stereocenters. The van der Waals surface area contributed by atoms with Crippen LogP contribution in [0.4, 0.5) is 4.79 Å². The summed E-state index contributed by atoms with van der Waals surface area (Å²) in [6, 6.07) is -0.175. The van der Waals surface area contributed by atoms with E-state index in [4.69, 9.17) is 9.84 Å². The van der Waals surface area contributed by atoms with Gasteiger partial charge in [-0.1, -0.05) is 11.6 Å². The summed E-state index contributed by atoms with van der Waals surface area (Å²) in [7, 11) is 0. The maximum absolute atomic E-state index is 11.8. The lowest BCUT2D eigenvalue weighted by Crippen LogP contribution is -2.50. The van der Waals surface area contributed by atoms with Gasteiger partial charge in [-0.2, -0.15) is 0 Å². The van der Waals surface area contributed by atoms with Crippen LogP contribution in [0.3, 0.4) is 0 Å². The molecule has 1 rings (SSSR count). The van der Waals surface area contributed by atoms with Gasteiger partial charge in [0.1, 0.15) is 0 Å². The Balaban J connectivity index is 2.38. The lowest BCUT2D eigenvalue weighted by Gasteiger charge is -2.32. The van der Waals surface area contributed by atoms with Gasteiger partial charge in [-0.25, -0.2) is 4.79 Å². The summed E-state index contributed by atoms with van der Waals surface area (Å²) in [6.45, 7) is 5.62. The van der Waals surface area contributed by atoms with Crippen LogP contribution in [0.15, 0.2) is 11.6 Å². The second-order valence-electron chi connectivity index (χ2n) is 4.50. The number of hydrogen-bond donors (Lipinski definition) is 2. The van der Waals surface area contributed by atoms with Gasteiger partial charge >= 0.3 is 12.0 Å². The molecule has 2 amide bonds. The second-order valence-corrected chi connectivity index (χ2v) is 4.50. The summed E-state index contributed by atoms with van der Waals surface area (Å²) in [5, 5.41) is 11.5. The molecule has 0 aromatic heterocycles. The first-order chi connectivity index (χ1) is 8.49. The average Bonchev–Trinajstić information content (AvgIpc) is 2.27. The predicted octanol–water partition coefficient (Wildman–Crippen LogP) is 0.838. The third-order valence-corrected chi connectivity index (χ3v) is 2.59. The maximum atomic E-state index is 11.8. The van der Waals surface area contributed by atoms with Crippen molar-refractivity contribution in [3.8, 4) is 0 Å². The van der Waals surface area contributed by atoms with Crippen molar-refractivity contribution in [3.63, 3.8) is 0 Å². The van der Waals surface area contributed by atoms with E-state index in [2.05, 4.69) is 5.32 Å². The third-order valence-electron chi connectivity index (χ3n) is 2.59. The molecule has 0 spiro atoms. The van der Waals surface area contributed by atoms with E-state index in [9.17, 15) is 9.59 Å². The Morgan fingerprint density at radius 3 is 2.83 bits per heavy atom. The summed E-state index contributed by atoms with van der Waals surface area (Å²) in [4.78, 5) is 24.0. The van der Waals surface area contributed by atoms with E-state index in [1.54, 1.807) is 4.90 Å². The molecule has 18 heavy (non-hydrogen) atoms. The number of nitrogens with zero attached hydrogens (tertiary/aromatic N) is 1. The highest BCUT2D eigenvalue weighted by molar-refractivity contribution is 5.74. The van der Waals surface area contributed by atoms with E-state index >= 15 is 0 Å². The van der Waals surface area contributed by atoms with Gasteiger partial charge in [0.25, 0.3) is 0 Å². The highest BCUT2D eigenvalue weighted by Crippen LogP contribution is 2.08. The summed E-state index contributed by atoms with van der Waals surface area (Å²) in [5.74, 6) is -0.910. The molecule has 1 heterocycles. The Labute approximate surface area is 107 Å². The highest BCUT2D eigenvalue weighted by Gasteiger charge is 2.25. The van der Waals surface area contributed by atoms with Crippen LogP contribution in [-0.4, -0.2) is 54.4 Å². The van der Waals surface area contributed by atoms with E-state index in [1.165, 1.54) is 0 Å². The van der Waals surface area contributed by atoms with Gasteiger partial charge in [-0.15, -0.1) is 0 Å². The topological polar surface area (TPSA) is 78.9 Å². The lowest BCUT2D eigenvalue weighted by atomic mass is 10.2. The van der Waals surface area contributed by atoms with Crippen LogP contribution >= 0.6 is 0 Å². The minimum absolute atomic E-state index is 0.0717. The predicted molar refractivity (Wildman–Crippen MR) is 66.4 cm³/mol. The summed E-state index contributed by atoms with van der Waals surface area (Å²) >= 11 is 0. The molecule has 0 radical (unpaired) electrons. The first-order valence-corrected chi connectivity index (χ1v) is 5.98. The number of carbonyl (C=O) groups is 2. The first-order valence-electron chi connectivity index (χ1n) is 5.98. The number of aliphatic carboxylic acids is 1. The summed E-state index contributed by atoms with van der Waals surface area (Å²) in [5.41, 5.74) is 1.14. The number of amides is 2. The van der Waals surface area contributed by atoms with Crippen LogP contribution in [0, 0.1) is 0 Å². The molecule has 0 aliphatic carbocycles. The van der Waals surface area contributed by atoms with E-state index in [0.717, 1.165) is 5.57 Å². The van der Waals surface area contributed by atoms with Gasteiger partial charge in [0, 0.05) is 19.6 Å². The fourth-order valence-corrected chi connectivity index (χ4v) is 1.68. The Hall–Kier alpha value is -1.56. The van der Waals surface area contributed by atoms with Crippen molar-refractivity contribution in [3.05, 3.63) is 11.6 Å². The number of carboxylic acid groups (broad SMARTS) is 1. The molecule has 1 atom stereocenters. The molecule has 2 N–H and O–H groups in total. The first kappa shape index (κ1) is 14.5. The molecule has 0 saturated carbocycles. The Morgan fingerprint density at radius 2 is 2.22 bits per heavy atom. The van der Waals surface area contributed by atoms with Gasteiger partial charge in [-0.3, -0.25) is 4.79 Å². The summed E-state index contributed by atoms with van der Waals surface area (Å²) < 4.78 is 5.30.